The minimum atomic E-state index is 1.03. The van der Waals surface area contributed by atoms with Crippen molar-refractivity contribution < 1.29 is 0 Å². The first-order chi connectivity index (χ1) is 7.77. The molecular formula is C13H25N3. The first-order valence-electron chi connectivity index (χ1n) is 6.55. The molecule has 0 aromatic carbocycles. The molecule has 92 valence electrons. The van der Waals surface area contributed by atoms with E-state index in [2.05, 4.69) is 41.8 Å². The fourth-order valence-electron chi connectivity index (χ4n) is 1.77. The summed E-state index contributed by atoms with van der Waals surface area (Å²) in [6.45, 7) is 8.62. The summed E-state index contributed by atoms with van der Waals surface area (Å²) in [5, 5.41) is 3.41. The van der Waals surface area contributed by atoms with Crippen molar-refractivity contribution in [1.82, 2.24) is 9.55 Å². The van der Waals surface area contributed by atoms with E-state index in [1.54, 1.807) is 0 Å². The smallest absolute Gasteiger partial charge is 0.203 e. The van der Waals surface area contributed by atoms with Crippen molar-refractivity contribution in [2.24, 2.45) is 0 Å². The number of nitrogens with zero attached hydrogens (tertiary/aromatic N) is 2. The number of rotatable bonds is 8. The summed E-state index contributed by atoms with van der Waals surface area (Å²) >= 11 is 0. The number of anilines is 1. The van der Waals surface area contributed by atoms with Crippen molar-refractivity contribution in [3.05, 3.63) is 11.9 Å². The van der Waals surface area contributed by atoms with Crippen LogP contribution >= 0.6 is 0 Å². The minimum Gasteiger partial charge on any atom is -0.356 e. The Kier molecular flexibility index (Phi) is 5.98. The van der Waals surface area contributed by atoms with Crippen LogP contribution in [0.4, 0.5) is 5.95 Å². The minimum absolute atomic E-state index is 1.03. The van der Waals surface area contributed by atoms with E-state index >= 15 is 0 Å². The SMILES string of the molecule is CCCCCn1cc(C)nc1NCCCC. The van der Waals surface area contributed by atoms with E-state index in [0.29, 0.717) is 0 Å². The van der Waals surface area contributed by atoms with E-state index in [1.165, 1.54) is 32.1 Å². The van der Waals surface area contributed by atoms with Crippen LogP contribution in [0, 0.1) is 6.92 Å². The second-order valence-corrected chi connectivity index (χ2v) is 4.39. The van der Waals surface area contributed by atoms with Gasteiger partial charge in [-0.2, -0.15) is 0 Å². The average Bonchev–Trinajstić information content (AvgIpc) is 2.60. The lowest BCUT2D eigenvalue weighted by atomic mass is 10.2. The fraction of sp³-hybridized carbons (Fsp3) is 0.769. The van der Waals surface area contributed by atoms with Crippen LogP contribution < -0.4 is 5.32 Å². The van der Waals surface area contributed by atoms with Crippen LogP contribution in [0.5, 0.6) is 0 Å². The summed E-state index contributed by atoms with van der Waals surface area (Å²) in [6.07, 6.45) is 8.39. The number of nitrogens with one attached hydrogen (secondary N) is 1. The summed E-state index contributed by atoms with van der Waals surface area (Å²) in [6, 6.07) is 0. The molecule has 0 amide bonds. The van der Waals surface area contributed by atoms with Gasteiger partial charge >= 0.3 is 0 Å². The molecular weight excluding hydrogens is 198 g/mol. The van der Waals surface area contributed by atoms with Crippen molar-refractivity contribution in [1.29, 1.82) is 0 Å². The fourth-order valence-corrected chi connectivity index (χ4v) is 1.77. The first-order valence-corrected chi connectivity index (χ1v) is 6.55. The van der Waals surface area contributed by atoms with Crippen LogP contribution in [0.15, 0.2) is 6.20 Å². The lowest BCUT2D eigenvalue weighted by Gasteiger charge is -2.08. The third-order valence-electron chi connectivity index (χ3n) is 2.71. The van der Waals surface area contributed by atoms with Crippen LogP contribution in [-0.2, 0) is 6.54 Å². The number of imidazole rings is 1. The first kappa shape index (κ1) is 13.1. The summed E-state index contributed by atoms with van der Waals surface area (Å²) in [5.74, 6) is 1.04. The van der Waals surface area contributed by atoms with Crippen LogP contribution in [0.1, 0.15) is 51.6 Å². The summed E-state index contributed by atoms with van der Waals surface area (Å²) in [5.41, 5.74) is 1.11. The highest BCUT2D eigenvalue weighted by Gasteiger charge is 2.03. The maximum Gasteiger partial charge on any atom is 0.203 e. The monoisotopic (exact) mass is 223 g/mol. The molecule has 0 radical (unpaired) electrons. The van der Waals surface area contributed by atoms with Crippen molar-refractivity contribution >= 4 is 5.95 Å². The van der Waals surface area contributed by atoms with Crippen molar-refractivity contribution in [3.8, 4) is 0 Å². The molecule has 0 aliphatic carbocycles. The van der Waals surface area contributed by atoms with Gasteiger partial charge in [-0.05, 0) is 19.8 Å². The van der Waals surface area contributed by atoms with Crippen LogP contribution in [0.2, 0.25) is 0 Å². The molecule has 3 nitrogen and oxygen atoms in total. The lowest BCUT2D eigenvalue weighted by Crippen LogP contribution is -2.08. The maximum absolute atomic E-state index is 4.51. The van der Waals surface area contributed by atoms with Gasteiger partial charge in [0.05, 0.1) is 5.69 Å². The Hall–Kier alpha value is -0.990. The summed E-state index contributed by atoms with van der Waals surface area (Å²) in [4.78, 5) is 4.51. The van der Waals surface area contributed by atoms with Crippen molar-refractivity contribution in [3.63, 3.8) is 0 Å². The number of aryl methyl sites for hydroxylation is 2. The van der Waals surface area contributed by atoms with Crippen LogP contribution in [-0.4, -0.2) is 16.1 Å². The number of unbranched alkanes of at least 4 members (excludes halogenated alkanes) is 3. The molecule has 0 aliphatic heterocycles. The highest BCUT2D eigenvalue weighted by molar-refractivity contribution is 5.28. The third kappa shape index (κ3) is 4.25. The molecule has 1 rings (SSSR count). The van der Waals surface area contributed by atoms with E-state index in [9.17, 15) is 0 Å². The maximum atomic E-state index is 4.51. The van der Waals surface area contributed by atoms with Gasteiger partial charge in [0.25, 0.3) is 0 Å². The Morgan fingerprint density at radius 1 is 1.19 bits per heavy atom. The van der Waals surface area contributed by atoms with Gasteiger partial charge in [-0.15, -0.1) is 0 Å². The second-order valence-electron chi connectivity index (χ2n) is 4.39. The Labute approximate surface area is 99.3 Å². The van der Waals surface area contributed by atoms with E-state index in [-0.39, 0.29) is 0 Å². The molecule has 1 heterocycles. The van der Waals surface area contributed by atoms with Crippen LogP contribution in [0.25, 0.3) is 0 Å². The van der Waals surface area contributed by atoms with E-state index < -0.39 is 0 Å². The largest absolute Gasteiger partial charge is 0.356 e. The standard InChI is InChI=1S/C13H25N3/c1-4-6-8-10-16-11-12(3)15-13(16)14-9-7-5-2/h11H,4-10H2,1-3H3,(H,14,15). The van der Waals surface area contributed by atoms with Gasteiger partial charge < -0.3 is 9.88 Å². The zero-order valence-corrected chi connectivity index (χ0v) is 10.9. The third-order valence-corrected chi connectivity index (χ3v) is 2.71. The molecule has 0 spiro atoms. The molecule has 16 heavy (non-hydrogen) atoms. The Bertz CT molecular complexity index is 264. The van der Waals surface area contributed by atoms with Gasteiger partial charge in [0.1, 0.15) is 0 Å². The van der Waals surface area contributed by atoms with E-state index in [4.69, 9.17) is 0 Å². The quantitative estimate of drug-likeness (QED) is 0.682. The summed E-state index contributed by atoms with van der Waals surface area (Å²) < 4.78 is 2.25. The molecule has 0 saturated carbocycles. The Morgan fingerprint density at radius 3 is 2.62 bits per heavy atom. The molecule has 0 atom stereocenters. The highest BCUT2D eigenvalue weighted by Crippen LogP contribution is 2.10. The summed E-state index contributed by atoms with van der Waals surface area (Å²) in [7, 11) is 0. The van der Waals surface area contributed by atoms with E-state index in [1.807, 2.05) is 0 Å². The van der Waals surface area contributed by atoms with Crippen LogP contribution in [0.3, 0.4) is 0 Å². The number of hydrogen-bond acceptors (Lipinski definition) is 2. The Morgan fingerprint density at radius 2 is 1.94 bits per heavy atom. The molecule has 0 unspecified atom stereocenters. The molecule has 1 N–H and O–H groups in total. The van der Waals surface area contributed by atoms with Gasteiger partial charge in [0.15, 0.2) is 0 Å². The number of aromatic nitrogens is 2. The predicted molar refractivity (Wildman–Crippen MR) is 69.9 cm³/mol. The molecule has 3 heteroatoms. The number of hydrogen-bond donors (Lipinski definition) is 1. The van der Waals surface area contributed by atoms with Crippen molar-refractivity contribution in [2.45, 2.75) is 59.4 Å². The topological polar surface area (TPSA) is 29.9 Å². The average molecular weight is 223 g/mol. The second kappa shape index (κ2) is 7.31. The molecule has 0 saturated heterocycles. The zero-order valence-electron chi connectivity index (χ0n) is 10.9. The Balaban J connectivity index is 2.46. The predicted octanol–water partition coefficient (Wildman–Crippen LogP) is 3.59. The molecule has 1 aromatic rings. The normalized spacial score (nSPS) is 10.7. The van der Waals surface area contributed by atoms with Gasteiger partial charge in [-0.25, -0.2) is 4.98 Å². The lowest BCUT2D eigenvalue weighted by molar-refractivity contribution is 0.604. The van der Waals surface area contributed by atoms with Gasteiger partial charge in [0.2, 0.25) is 5.95 Å². The van der Waals surface area contributed by atoms with Crippen molar-refractivity contribution in [2.75, 3.05) is 11.9 Å². The van der Waals surface area contributed by atoms with Gasteiger partial charge in [-0.1, -0.05) is 33.1 Å². The van der Waals surface area contributed by atoms with Gasteiger partial charge in [0, 0.05) is 19.3 Å². The highest BCUT2D eigenvalue weighted by atomic mass is 15.2. The molecule has 0 fully saturated rings. The molecule has 0 aliphatic rings. The molecule has 0 bridgehead atoms. The van der Waals surface area contributed by atoms with Gasteiger partial charge in [-0.3, -0.25) is 0 Å². The van der Waals surface area contributed by atoms with E-state index in [0.717, 1.165) is 24.7 Å². The zero-order chi connectivity index (χ0) is 11.8. The molecule has 1 aromatic heterocycles.